The number of alkyl halides is 1. The monoisotopic (exact) mass is 577 g/mol. The predicted molar refractivity (Wildman–Crippen MR) is 142 cm³/mol. The van der Waals surface area contributed by atoms with E-state index in [9.17, 15) is 4.79 Å². The molecule has 0 spiro atoms. The van der Waals surface area contributed by atoms with Crippen LogP contribution in [0.4, 0.5) is 0 Å². The maximum atomic E-state index is 13.0. The summed E-state index contributed by atoms with van der Waals surface area (Å²) in [7, 11) is 3.24. The number of nitrogens with zero attached hydrogens (tertiary/aromatic N) is 3. The highest BCUT2D eigenvalue weighted by atomic mass is 127. The van der Waals surface area contributed by atoms with Crippen molar-refractivity contribution in [2.75, 3.05) is 20.8 Å². The van der Waals surface area contributed by atoms with E-state index in [-0.39, 0.29) is 17.8 Å². The summed E-state index contributed by atoms with van der Waals surface area (Å²) in [6.45, 7) is 7.48. The van der Waals surface area contributed by atoms with Crippen molar-refractivity contribution in [3.63, 3.8) is 0 Å². The lowest BCUT2D eigenvalue weighted by molar-refractivity contribution is 0.0884. The summed E-state index contributed by atoms with van der Waals surface area (Å²) in [5, 5.41) is 3.16. The lowest BCUT2D eigenvalue weighted by atomic mass is 10.0. The molecule has 3 heterocycles. The molecule has 0 radical (unpaired) electrons. The molecular weight excluding hydrogens is 545 g/mol. The van der Waals surface area contributed by atoms with E-state index in [1.807, 2.05) is 18.2 Å². The highest BCUT2D eigenvalue weighted by molar-refractivity contribution is 14.1. The van der Waals surface area contributed by atoms with Crippen LogP contribution in [0.5, 0.6) is 11.5 Å². The summed E-state index contributed by atoms with van der Waals surface area (Å²) in [6, 6.07) is 6.44. The molecule has 0 aliphatic carbocycles. The van der Waals surface area contributed by atoms with Gasteiger partial charge in [0.1, 0.15) is 0 Å². The number of hydrogen-bond acceptors (Lipinski definition) is 6. The Bertz CT molecular complexity index is 1180. The third kappa shape index (κ3) is 4.86. The van der Waals surface area contributed by atoms with Crippen LogP contribution < -0.4 is 14.8 Å². The highest BCUT2D eigenvalue weighted by Crippen LogP contribution is 2.35. The normalized spacial score (nSPS) is 18.9. The minimum absolute atomic E-state index is 0.128. The summed E-state index contributed by atoms with van der Waals surface area (Å²) >= 11 is 2.47. The summed E-state index contributed by atoms with van der Waals surface area (Å²) in [4.78, 5) is 28.0. The van der Waals surface area contributed by atoms with Gasteiger partial charge in [0.05, 0.1) is 41.2 Å². The number of methoxy groups -OCH3 is 2. The molecule has 34 heavy (non-hydrogen) atoms. The Kier molecular flexibility index (Phi) is 7.61. The number of carbonyl (C=O) groups excluding carboxylic acids is 1. The molecule has 1 aliphatic heterocycles. The van der Waals surface area contributed by atoms with Crippen molar-refractivity contribution < 1.29 is 14.3 Å². The number of piperidine rings is 1. The first kappa shape index (κ1) is 24.7. The maximum absolute atomic E-state index is 13.0. The molecule has 9 heteroatoms. The molecule has 2 aromatic heterocycles. The van der Waals surface area contributed by atoms with Gasteiger partial charge in [-0.3, -0.25) is 9.69 Å². The molecule has 0 bridgehead atoms. The number of carbonyl (C=O) groups is 1. The average molecular weight is 577 g/mol. The van der Waals surface area contributed by atoms with Crippen LogP contribution in [-0.4, -0.2) is 62.7 Å². The number of aryl methyl sites for hydroxylation is 1. The summed E-state index contributed by atoms with van der Waals surface area (Å²) in [5.41, 5.74) is 4.52. The van der Waals surface area contributed by atoms with Gasteiger partial charge < -0.3 is 19.8 Å². The molecule has 1 saturated heterocycles. The highest BCUT2D eigenvalue weighted by Gasteiger charge is 2.29. The first-order chi connectivity index (χ1) is 16.4. The fourth-order valence-corrected chi connectivity index (χ4v) is 6.15. The summed E-state index contributed by atoms with van der Waals surface area (Å²) < 4.78 is 11.2. The molecule has 2 N–H and O–H groups in total. The van der Waals surface area contributed by atoms with E-state index >= 15 is 0 Å². The molecule has 2 unspecified atom stereocenters. The lowest BCUT2D eigenvalue weighted by Gasteiger charge is -2.39. The van der Waals surface area contributed by atoms with E-state index in [4.69, 9.17) is 9.47 Å². The third-order valence-corrected chi connectivity index (χ3v) is 7.66. The van der Waals surface area contributed by atoms with Gasteiger partial charge in [-0.2, -0.15) is 0 Å². The van der Waals surface area contributed by atoms with Gasteiger partial charge in [-0.25, -0.2) is 9.97 Å². The van der Waals surface area contributed by atoms with E-state index in [1.165, 1.54) is 0 Å². The van der Waals surface area contributed by atoms with Gasteiger partial charge in [0.25, 0.3) is 5.91 Å². The van der Waals surface area contributed by atoms with Crippen LogP contribution in [0.15, 0.2) is 24.4 Å². The molecule has 8 nitrogen and oxygen atoms in total. The predicted octanol–water partition coefficient (Wildman–Crippen LogP) is 4.57. The van der Waals surface area contributed by atoms with Gasteiger partial charge in [0.15, 0.2) is 11.5 Å². The Balaban J connectivity index is 1.59. The van der Waals surface area contributed by atoms with Crippen molar-refractivity contribution in [2.45, 2.75) is 56.2 Å². The molecule has 1 amide bonds. The molecule has 3 aromatic rings. The second-order valence-corrected chi connectivity index (χ2v) is 10.3. The summed E-state index contributed by atoms with van der Waals surface area (Å²) in [6.07, 6.45) is 4.30. The Morgan fingerprint density at radius 3 is 2.71 bits per heavy atom. The lowest BCUT2D eigenvalue weighted by Crippen LogP contribution is -2.50. The molecule has 1 fully saturated rings. The fraction of sp³-hybridized carbons (Fsp3) is 0.480. The number of rotatable bonds is 7. The zero-order chi connectivity index (χ0) is 24.4. The van der Waals surface area contributed by atoms with Crippen LogP contribution in [0.3, 0.4) is 0 Å². The SMILES string of the molecule is CCc1c(-c2ccc(OC)c(OC)c2)[nH]c2cnc(C(=O)NC3CCN(C(C)C)C(I)C3)nc12. The first-order valence-electron chi connectivity index (χ1n) is 11.7. The van der Waals surface area contributed by atoms with Crippen molar-refractivity contribution in [1.82, 2.24) is 25.2 Å². The smallest absolute Gasteiger partial charge is 0.289 e. The largest absolute Gasteiger partial charge is 0.493 e. The van der Waals surface area contributed by atoms with Crippen LogP contribution in [0, 0.1) is 0 Å². The molecule has 182 valence electrons. The van der Waals surface area contributed by atoms with Gasteiger partial charge >= 0.3 is 0 Å². The van der Waals surface area contributed by atoms with Crippen molar-refractivity contribution in [3.05, 3.63) is 35.8 Å². The Morgan fingerprint density at radius 1 is 1.29 bits per heavy atom. The number of H-pyrrole nitrogens is 1. The Morgan fingerprint density at radius 2 is 2.06 bits per heavy atom. The first-order valence-corrected chi connectivity index (χ1v) is 12.9. The van der Waals surface area contributed by atoms with Gasteiger partial charge in [0.2, 0.25) is 5.82 Å². The zero-order valence-corrected chi connectivity index (χ0v) is 22.5. The van der Waals surface area contributed by atoms with Crippen LogP contribution >= 0.6 is 22.6 Å². The van der Waals surface area contributed by atoms with E-state index < -0.39 is 0 Å². The van der Waals surface area contributed by atoms with E-state index in [0.29, 0.717) is 21.6 Å². The van der Waals surface area contributed by atoms with Crippen molar-refractivity contribution in [2.24, 2.45) is 0 Å². The number of fused-ring (bicyclic) bond motifs is 1. The van der Waals surface area contributed by atoms with Gasteiger partial charge in [0, 0.05) is 29.8 Å². The number of aromatic nitrogens is 3. The van der Waals surface area contributed by atoms with Gasteiger partial charge in [-0.05, 0) is 51.3 Å². The third-order valence-electron chi connectivity index (χ3n) is 6.44. The molecular formula is C25H32IN5O3. The minimum atomic E-state index is -0.218. The van der Waals surface area contributed by atoms with Crippen LogP contribution in [0.2, 0.25) is 0 Å². The number of aromatic amines is 1. The van der Waals surface area contributed by atoms with E-state index in [2.05, 4.69) is 68.5 Å². The minimum Gasteiger partial charge on any atom is -0.493 e. The van der Waals surface area contributed by atoms with Crippen molar-refractivity contribution >= 4 is 39.5 Å². The quantitative estimate of drug-likeness (QED) is 0.243. The Hall–Kier alpha value is -2.40. The van der Waals surface area contributed by atoms with Crippen molar-refractivity contribution in [3.8, 4) is 22.8 Å². The number of amides is 1. The van der Waals surface area contributed by atoms with Gasteiger partial charge in [-0.15, -0.1) is 0 Å². The average Bonchev–Trinajstić information content (AvgIpc) is 3.21. The van der Waals surface area contributed by atoms with Crippen LogP contribution in [0.25, 0.3) is 22.3 Å². The Labute approximate surface area is 214 Å². The standard InChI is InChI=1S/C25H32IN5O3/c1-6-17-22(15-7-8-19(33-4)20(11-15)34-5)29-18-13-27-24(30-23(17)18)25(32)28-16-9-10-31(14(2)3)21(26)12-16/h7-8,11,13-14,16,21,29H,6,9-10,12H2,1-5H3,(H,28,32). The van der Waals surface area contributed by atoms with E-state index in [1.54, 1.807) is 20.4 Å². The molecule has 2 atom stereocenters. The zero-order valence-electron chi connectivity index (χ0n) is 20.3. The number of nitrogens with one attached hydrogen (secondary N) is 2. The molecule has 1 aromatic carbocycles. The topological polar surface area (TPSA) is 92.4 Å². The van der Waals surface area contributed by atoms with Crippen molar-refractivity contribution in [1.29, 1.82) is 0 Å². The van der Waals surface area contributed by atoms with Crippen LogP contribution in [0.1, 0.15) is 49.8 Å². The second-order valence-electron chi connectivity index (χ2n) is 8.82. The molecule has 4 rings (SSSR count). The van der Waals surface area contributed by atoms with Gasteiger partial charge in [-0.1, -0.05) is 29.5 Å². The maximum Gasteiger partial charge on any atom is 0.289 e. The fourth-order valence-electron chi connectivity index (χ4n) is 4.62. The number of halogens is 1. The number of hydrogen-bond donors (Lipinski definition) is 2. The molecule has 0 saturated carbocycles. The number of likely N-dealkylation sites (tertiary alicyclic amines) is 1. The summed E-state index contributed by atoms with van der Waals surface area (Å²) in [5.74, 6) is 1.32. The molecule has 1 aliphatic rings. The number of benzene rings is 1. The number of ether oxygens (including phenoxy) is 2. The second kappa shape index (κ2) is 10.5. The van der Waals surface area contributed by atoms with E-state index in [0.717, 1.165) is 53.7 Å². The van der Waals surface area contributed by atoms with Crippen LogP contribution in [-0.2, 0) is 6.42 Å².